The van der Waals surface area contributed by atoms with Gasteiger partial charge in [-0.1, -0.05) is 19.3 Å². The number of rotatable bonds is 7. The second-order valence-corrected chi connectivity index (χ2v) is 12.9. The van der Waals surface area contributed by atoms with Crippen LogP contribution >= 0.6 is 0 Å². The number of hydrogen-bond acceptors (Lipinski definition) is 5. The van der Waals surface area contributed by atoms with Crippen LogP contribution in [-0.2, 0) is 14.4 Å². The Kier molecular flexibility index (Phi) is 8.16. The van der Waals surface area contributed by atoms with E-state index in [4.69, 9.17) is 9.57 Å². The number of hydrogen-bond donors (Lipinski definition) is 3. The molecule has 5 rings (SSSR count). The molecule has 3 N–H and O–H groups in total. The van der Waals surface area contributed by atoms with E-state index in [1.165, 1.54) is 44.9 Å². The van der Waals surface area contributed by atoms with Gasteiger partial charge in [-0.05, 0) is 120 Å². The maximum atomic E-state index is 12.8. The molecule has 1 aliphatic heterocycles. The first-order valence-electron chi connectivity index (χ1n) is 15.0. The number of ether oxygens (including phenoxy) is 1. The van der Waals surface area contributed by atoms with Crippen LogP contribution in [0.2, 0.25) is 0 Å². The molecular weight excluding hydrogens is 456 g/mol. The number of aliphatic carboxylic acids is 1. The second-order valence-electron chi connectivity index (χ2n) is 12.9. The van der Waals surface area contributed by atoms with Crippen molar-refractivity contribution in [2.24, 2.45) is 35.0 Å². The number of amides is 1. The van der Waals surface area contributed by atoms with Gasteiger partial charge in [0.2, 0.25) is 0 Å². The Labute approximate surface area is 216 Å². The van der Waals surface area contributed by atoms with E-state index in [-0.39, 0.29) is 35.8 Å². The fourth-order valence-corrected chi connectivity index (χ4v) is 8.27. The van der Waals surface area contributed by atoms with Gasteiger partial charge in [-0.2, -0.15) is 5.48 Å². The van der Waals surface area contributed by atoms with Gasteiger partial charge in [-0.15, -0.1) is 0 Å². The first-order valence-corrected chi connectivity index (χ1v) is 15.0. The third-order valence-electron chi connectivity index (χ3n) is 10.9. The van der Waals surface area contributed by atoms with Crippen molar-refractivity contribution in [3.63, 3.8) is 0 Å². The first-order chi connectivity index (χ1) is 17.4. The smallest absolute Gasteiger partial charge is 0.407 e. The quantitative estimate of drug-likeness (QED) is 0.404. The number of carbonyl (C=O) groups excluding carboxylic acids is 1. The summed E-state index contributed by atoms with van der Waals surface area (Å²) in [6.07, 6.45) is 16.8. The van der Waals surface area contributed by atoms with Crippen molar-refractivity contribution in [1.82, 2.24) is 10.8 Å². The zero-order valence-electron chi connectivity index (χ0n) is 22.4. The van der Waals surface area contributed by atoms with E-state index in [0.717, 1.165) is 63.2 Å². The third kappa shape index (κ3) is 5.57. The van der Waals surface area contributed by atoms with E-state index in [1.54, 1.807) is 0 Å². The van der Waals surface area contributed by atoms with Crippen LogP contribution in [0.15, 0.2) is 0 Å². The molecule has 0 aromatic carbocycles. The van der Waals surface area contributed by atoms with Crippen molar-refractivity contribution < 1.29 is 24.3 Å². The lowest BCUT2D eigenvalue weighted by molar-refractivity contribution is -0.146. The molecule has 1 saturated heterocycles. The molecule has 3 unspecified atom stereocenters. The van der Waals surface area contributed by atoms with E-state index in [9.17, 15) is 14.7 Å². The molecule has 0 radical (unpaired) electrons. The number of hydroxylamine groups is 1. The highest BCUT2D eigenvalue weighted by Gasteiger charge is 2.56. The lowest BCUT2D eigenvalue weighted by Gasteiger charge is -2.40. The fourth-order valence-electron chi connectivity index (χ4n) is 8.27. The summed E-state index contributed by atoms with van der Waals surface area (Å²) in [5.74, 6) is 2.27. The SMILES string of the molecule is CC1NOC(C2CCC(C3CCC(C4(C(=O)O)CC4)CC3)CC2)C1NC(=O)O[C@H](C)C1CCCCC1. The fraction of sp³-hybridized carbons (Fsp3) is 0.931. The Morgan fingerprint density at radius 2 is 1.50 bits per heavy atom. The van der Waals surface area contributed by atoms with Crippen molar-refractivity contribution in [1.29, 1.82) is 0 Å². The van der Waals surface area contributed by atoms with Crippen LogP contribution in [-0.4, -0.2) is 41.5 Å². The van der Waals surface area contributed by atoms with Gasteiger partial charge in [-0.25, -0.2) is 4.79 Å². The van der Waals surface area contributed by atoms with Gasteiger partial charge in [0.05, 0.1) is 17.5 Å². The Bertz CT molecular complexity index is 764. The van der Waals surface area contributed by atoms with E-state index in [1.807, 2.05) is 6.92 Å². The molecule has 4 atom stereocenters. The van der Waals surface area contributed by atoms with Crippen molar-refractivity contribution in [2.45, 2.75) is 134 Å². The minimum absolute atomic E-state index is 0.0143. The third-order valence-corrected chi connectivity index (χ3v) is 10.9. The second kappa shape index (κ2) is 11.2. The molecule has 0 aromatic rings. The summed E-state index contributed by atoms with van der Waals surface area (Å²) in [6, 6.07) is -0.0108. The van der Waals surface area contributed by atoms with Gasteiger partial charge < -0.3 is 15.2 Å². The maximum Gasteiger partial charge on any atom is 0.407 e. The van der Waals surface area contributed by atoms with Gasteiger partial charge in [0.25, 0.3) is 0 Å². The summed E-state index contributed by atoms with van der Waals surface area (Å²) < 4.78 is 5.81. The van der Waals surface area contributed by atoms with E-state index in [0.29, 0.717) is 17.8 Å². The molecular formula is C29H48N2O5. The molecule has 5 aliphatic rings. The Balaban J connectivity index is 1.07. The van der Waals surface area contributed by atoms with Gasteiger partial charge in [0.1, 0.15) is 12.2 Å². The lowest BCUT2D eigenvalue weighted by Crippen LogP contribution is -2.50. The van der Waals surface area contributed by atoms with Crippen LogP contribution in [0.4, 0.5) is 4.79 Å². The van der Waals surface area contributed by atoms with Gasteiger partial charge in [-0.3, -0.25) is 9.63 Å². The normalized spacial score (nSPS) is 39.8. The summed E-state index contributed by atoms with van der Waals surface area (Å²) in [5, 5.41) is 12.8. The standard InChI is InChI=1S/C29H48N2O5/c1-18-25(30-28(34)35-19(2)20-6-4-3-5-7-20)26(36-31-18)23-10-8-21(9-11-23)22-12-14-24(15-13-22)29(16-17-29)27(32)33/h18-26,31H,3-17H2,1-2H3,(H,30,34)(H,32,33)/t18?,19-,21?,22?,23?,24?,25?,26?/m1/s1. The molecule has 36 heavy (non-hydrogen) atoms. The summed E-state index contributed by atoms with van der Waals surface area (Å²) >= 11 is 0. The van der Waals surface area contributed by atoms with Gasteiger partial charge in [0, 0.05) is 0 Å². The molecule has 4 saturated carbocycles. The Morgan fingerprint density at radius 1 is 0.917 bits per heavy atom. The zero-order chi connectivity index (χ0) is 25.3. The molecule has 0 bridgehead atoms. The van der Waals surface area contributed by atoms with E-state index in [2.05, 4.69) is 17.7 Å². The number of nitrogens with one attached hydrogen (secondary N) is 2. The van der Waals surface area contributed by atoms with Crippen LogP contribution in [0.5, 0.6) is 0 Å². The molecule has 1 amide bonds. The largest absolute Gasteiger partial charge is 0.481 e. The summed E-state index contributed by atoms with van der Waals surface area (Å²) in [4.78, 5) is 30.5. The van der Waals surface area contributed by atoms with Crippen LogP contribution in [0.25, 0.3) is 0 Å². The molecule has 7 heteroatoms. The number of alkyl carbamates (subject to hydrolysis) is 1. The average Bonchev–Trinajstić information content (AvgIpc) is 3.64. The topological polar surface area (TPSA) is 96.9 Å². The van der Waals surface area contributed by atoms with Crippen molar-refractivity contribution in [3.8, 4) is 0 Å². The van der Waals surface area contributed by atoms with Crippen LogP contribution in [0.3, 0.4) is 0 Å². The lowest BCUT2D eigenvalue weighted by atomic mass is 9.66. The summed E-state index contributed by atoms with van der Waals surface area (Å²) in [6.45, 7) is 4.12. The number of carbonyl (C=O) groups is 2. The van der Waals surface area contributed by atoms with Crippen LogP contribution < -0.4 is 10.8 Å². The first kappa shape index (κ1) is 26.3. The van der Waals surface area contributed by atoms with Crippen molar-refractivity contribution in [3.05, 3.63) is 0 Å². The molecule has 0 spiro atoms. The number of carboxylic acid groups (broad SMARTS) is 1. The predicted molar refractivity (Wildman–Crippen MR) is 137 cm³/mol. The molecule has 204 valence electrons. The molecule has 0 aromatic heterocycles. The highest BCUT2D eigenvalue weighted by atomic mass is 16.7. The number of carboxylic acids is 1. The van der Waals surface area contributed by atoms with Gasteiger partial charge in [0.15, 0.2) is 0 Å². The molecule has 1 heterocycles. The monoisotopic (exact) mass is 504 g/mol. The van der Waals surface area contributed by atoms with E-state index < -0.39 is 5.97 Å². The molecule has 4 aliphatic carbocycles. The summed E-state index contributed by atoms with van der Waals surface area (Å²) in [7, 11) is 0. The van der Waals surface area contributed by atoms with Crippen molar-refractivity contribution in [2.75, 3.05) is 0 Å². The molecule has 5 fully saturated rings. The Morgan fingerprint density at radius 3 is 2.08 bits per heavy atom. The zero-order valence-corrected chi connectivity index (χ0v) is 22.4. The highest BCUT2D eigenvalue weighted by Crippen LogP contribution is 2.58. The Hall–Kier alpha value is -1.34. The minimum Gasteiger partial charge on any atom is -0.481 e. The van der Waals surface area contributed by atoms with E-state index >= 15 is 0 Å². The van der Waals surface area contributed by atoms with Crippen LogP contribution in [0, 0.1) is 35.0 Å². The maximum absolute atomic E-state index is 12.8. The average molecular weight is 505 g/mol. The molecule has 7 nitrogen and oxygen atoms in total. The minimum atomic E-state index is -0.554. The summed E-state index contributed by atoms with van der Waals surface area (Å²) in [5.41, 5.74) is 2.76. The van der Waals surface area contributed by atoms with Crippen LogP contribution in [0.1, 0.15) is 110 Å². The highest BCUT2D eigenvalue weighted by molar-refractivity contribution is 5.78. The predicted octanol–water partition coefficient (Wildman–Crippen LogP) is 5.82. The van der Waals surface area contributed by atoms with Gasteiger partial charge >= 0.3 is 12.1 Å². The van der Waals surface area contributed by atoms with Crippen molar-refractivity contribution >= 4 is 12.1 Å².